The second kappa shape index (κ2) is 9.55. The summed E-state index contributed by atoms with van der Waals surface area (Å²) in [5.74, 6) is 0.0984. The first-order chi connectivity index (χ1) is 13.5. The van der Waals surface area contributed by atoms with Gasteiger partial charge in [-0.2, -0.15) is 0 Å². The van der Waals surface area contributed by atoms with E-state index in [1.54, 1.807) is 0 Å². The summed E-state index contributed by atoms with van der Waals surface area (Å²) < 4.78 is 0. The topological polar surface area (TPSA) is 52.7 Å². The van der Waals surface area contributed by atoms with E-state index in [1.165, 1.54) is 6.42 Å². The molecule has 154 valence electrons. The molecule has 0 aliphatic carbocycles. The van der Waals surface area contributed by atoms with Crippen LogP contribution in [-0.4, -0.2) is 60.4 Å². The number of rotatable bonds is 5. The number of carbonyl (C=O) groups excluding carboxylic acids is 2. The molecular weight excluding hydrogens is 350 g/mol. The molecule has 2 aliphatic rings. The molecule has 2 saturated heterocycles. The minimum Gasteiger partial charge on any atom is -0.353 e. The third kappa shape index (κ3) is 5.34. The monoisotopic (exact) mass is 385 g/mol. The highest BCUT2D eigenvalue weighted by Crippen LogP contribution is 2.21. The van der Waals surface area contributed by atoms with Crippen LogP contribution in [0, 0.1) is 19.8 Å². The third-order valence-corrected chi connectivity index (χ3v) is 6.02. The zero-order valence-electron chi connectivity index (χ0n) is 17.7. The van der Waals surface area contributed by atoms with Crippen molar-refractivity contribution in [3.63, 3.8) is 0 Å². The summed E-state index contributed by atoms with van der Waals surface area (Å²) in [6.45, 7) is 10.8. The van der Waals surface area contributed by atoms with Crippen LogP contribution in [0.2, 0.25) is 0 Å². The van der Waals surface area contributed by atoms with Gasteiger partial charge in [0.25, 0.3) is 5.91 Å². The van der Waals surface area contributed by atoms with Crippen LogP contribution in [-0.2, 0) is 4.79 Å². The van der Waals surface area contributed by atoms with Crippen LogP contribution in [0.15, 0.2) is 18.2 Å². The predicted molar refractivity (Wildman–Crippen MR) is 112 cm³/mol. The number of nitrogens with one attached hydrogen (secondary N) is 1. The molecule has 1 aromatic carbocycles. The summed E-state index contributed by atoms with van der Waals surface area (Å²) in [7, 11) is 0. The van der Waals surface area contributed by atoms with Gasteiger partial charge in [0.05, 0.1) is 5.92 Å². The molecule has 2 amide bonds. The van der Waals surface area contributed by atoms with E-state index in [4.69, 9.17) is 0 Å². The normalized spacial score (nSPS) is 21.5. The Labute approximate surface area is 169 Å². The first-order valence-corrected chi connectivity index (χ1v) is 10.9. The van der Waals surface area contributed by atoms with Gasteiger partial charge in [-0.15, -0.1) is 0 Å². The van der Waals surface area contributed by atoms with Crippen LogP contribution in [0.5, 0.6) is 0 Å². The maximum absolute atomic E-state index is 12.9. The lowest BCUT2D eigenvalue weighted by molar-refractivity contribution is -0.127. The Morgan fingerprint density at radius 1 is 1.04 bits per heavy atom. The van der Waals surface area contributed by atoms with Gasteiger partial charge in [-0.3, -0.25) is 9.59 Å². The molecule has 3 rings (SSSR count). The lowest BCUT2D eigenvalue weighted by Crippen LogP contribution is -2.50. The van der Waals surface area contributed by atoms with Gasteiger partial charge in [0.2, 0.25) is 5.91 Å². The highest BCUT2D eigenvalue weighted by molar-refractivity contribution is 5.95. The second-order valence-electron chi connectivity index (χ2n) is 8.59. The van der Waals surface area contributed by atoms with Crippen molar-refractivity contribution in [2.24, 2.45) is 5.92 Å². The molecule has 1 atom stereocenters. The standard InChI is InChI=1S/C23H35N3O2/c1-4-9-25-11-7-21(8-12-25)24-22(27)19-6-5-10-26(16-19)23(28)20-14-17(2)13-18(3)15-20/h13-15,19,21H,4-12,16H2,1-3H3,(H,24,27). The van der Waals surface area contributed by atoms with Crippen LogP contribution < -0.4 is 5.32 Å². The second-order valence-corrected chi connectivity index (χ2v) is 8.59. The number of hydrogen-bond acceptors (Lipinski definition) is 3. The Morgan fingerprint density at radius 2 is 1.71 bits per heavy atom. The van der Waals surface area contributed by atoms with E-state index < -0.39 is 0 Å². The maximum Gasteiger partial charge on any atom is 0.253 e. The molecule has 2 aliphatic heterocycles. The van der Waals surface area contributed by atoms with E-state index >= 15 is 0 Å². The van der Waals surface area contributed by atoms with Crippen LogP contribution in [0.25, 0.3) is 0 Å². The van der Waals surface area contributed by atoms with Gasteiger partial charge in [-0.05, 0) is 64.6 Å². The summed E-state index contributed by atoms with van der Waals surface area (Å²) in [6, 6.07) is 6.26. The molecule has 0 radical (unpaired) electrons. The lowest BCUT2D eigenvalue weighted by Gasteiger charge is -2.35. The number of aryl methyl sites for hydroxylation is 2. The fourth-order valence-corrected chi connectivity index (χ4v) is 4.59. The SMILES string of the molecule is CCCN1CCC(NC(=O)C2CCCN(C(=O)c3cc(C)cc(C)c3)C2)CC1. The Kier molecular flexibility index (Phi) is 7.11. The van der Waals surface area contributed by atoms with E-state index in [-0.39, 0.29) is 23.8 Å². The van der Waals surface area contributed by atoms with Gasteiger partial charge < -0.3 is 15.1 Å². The summed E-state index contributed by atoms with van der Waals surface area (Å²) >= 11 is 0. The van der Waals surface area contributed by atoms with Crippen molar-refractivity contribution in [3.8, 4) is 0 Å². The minimum atomic E-state index is -0.0859. The molecular formula is C23H35N3O2. The lowest BCUT2D eigenvalue weighted by atomic mass is 9.95. The molecule has 2 fully saturated rings. The molecule has 0 saturated carbocycles. The van der Waals surface area contributed by atoms with Crippen molar-refractivity contribution in [1.82, 2.24) is 15.1 Å². The number of likely N-dealkylation sites (tertiary alicyclic amines) is 2. The zero-order valence-corrected chi connectivity index (χ0v) is 17.7. The minimum absolute atomic E-state index is 0.0529. The fourth-order valence-electron chi connectivity index (χ4n) is 4.59. The van der Waals surface area contributed by atoms with Gasteiger partial charge in [-0.25, -0.2) is 0 Å². The number of nitrogens with zero attached hydrogens (tertiary/aromatic N) is 2. The van der Waals surface area contributed by atoms with Crippen LogP contribution in [0.4, 0.5) is 0 Å². The van der Waals surface area contributed by atoms with Gasteiger partial charge >= 0.3 is 0 Å². The molecule has 5 nitrogen and oxygen atoms in total. The van der Waals surface area contributed by atoms with Crippen LogP contribution >= 0.6 is 0 Å². The number of amides is 2. The van der Waals surface area contributed by atoms with Gasteiger partial charge in [0, 0.05) is 37.8 Å². The summed E-state index contributed by atoms with van der Waals surface area (Å²) in [5, 5.41) is 3.27. The predicted octanol–water partition coefficient (Wildman–Crippen LogP) is 3.15. The van der Waals surface area contributed by atoms with Crippen LogP contribution in [0.1, 0.15) is 60.5 Å². The van der Waals surface area contributed by atoms with Gasteiger partial charge in [-0.1, -0.05) is 24.1 Å². The molecule has 0 aromatic heterocycles. The van der Waals surface area contributed by atoms with E-state index in [0.29, 0.717) is 6.54 Å². The molecule has 0 spiro atoms. The van der Waals surface area contributed by atoms with E-state index in [0.717, 1.165) is 68.6 Å². The molecule has 2 heterocycles. The Bertz CT molecular complexity index is 675. The zero-order chi connectivity index (χ0) is 20.1. The summed E-state index contributed by atoms with van der Waals surface area (Å²) in [6.07, 6.45) is 5.01. The molecule has 1 N–H and O–H groups in total. The van der Waals surface area contributed by atoms with Crippen molar-refractivity contribution in [1.29, 1.82) is 0 Å². The van der Waals surface area contributed by atoms with Crippen molar-refractivity contribution in [2.75, 3.05) is 32.7 Å². The Morgan fingerprint density at radius 3 is 2.36 bits per heavy atom. The van der Waals surface area contributed by atoms with Crippen molar-refractivity contribution >= 4 is 11.8 Å². The van der Waals surface area contributed by atoms with Crippen molar-refractivity contribution < 1.29 is 9.59 Å². The highest BCUT2D eigenvalue weighted by Gasteiger charge is 2.30. The smallest absolute Gasteiger partial charge is 0.253 e. The van der Waals surface area contributed by atoms with Gasteiger partial charge in [0.15, 0.2) is 0 Å². The van der Waals surface area contributed by atoms with Crippen LogP contribution in [0.3, 0.4) is 0 Å². The quantitative estimate of drug-likeness (QED) is 0.847. The average Bonchev–Trinajstić information content (AvgIpc) is 2.68. The number of benzene rings is 1. The summed E-state index contributed by atoms with van der Waals surface area (Å²) in [4.78, 5) is 30.1. The average molecular weight is 386 g/mol. The maximum atomic E-state index is 12.9. The first-order valence-electron chi connectivity index (χ1n) is 10.9. The van der Waals surface area contributed by atoms with E-state index in [1.807, 2.05) is 30.9 Å². The molecule has 28 heavy (non-hydrogen) atoms. The molecule has 5 heteroatoms. The first kappa shape index (κ1) is 20.8. The Hall–Kier alpha value is -1.88. The largest absolute Gasteiger partial charge is 0.353 e. The highest BCUT2D eigenvalue weighted by atomic mass is 16.2. The van der Waals surface area contributed by atoms with E-state index in [2.05, 4.69) is 23.2 Å². The number of piperidine rings is 2. The van der Waals surface area contributed by atoms with Crippen molar-refractivity contribution in [2.45, 2.75) is 58.9 Å². The molecule has 1 unspecified atom stereocenters. The van der Waals surface area contributed by atoms with Gasteiger partial charge in [0.1, 0.15) is 0 Å². The number of carbonyl (C=O) groups is 2. The van der Waals surface area contributed by atoms with Crippen molar-refractivity contribution in [3.05, 3.63) is 34.9 Å². The molecule has 0 bridgehead atoms. The van der Waals surface area contributed by atoms with E-state index in [9.17, 15) is 9.59 Å². The number of hydrogen-bond donors (Lipinski definition) is 1. The third-order valence-electron chi connectivity index (χ3n) is 6.02. The Balaban J connectivity index is 1.54. The fraction of sp³-hybridized carbons (Fsp3) is 0.652. The molecule has 1 aromatic rings. The summed E-state index contributed by atoms with van der Waals surface area (Å²) in [5.41, 5.74) is 2.94.